The summed E-state index contributed by atoms with van der Waals surface area (Å²) in [6, 6.07) is 8.13. The van der Waals surface area contributed by atoms with Crippen LogP contribution in [0.15, 0.2) is 24.3 Å². The summed E-state index contributed by atoms with van der Waals surface area (Å²) in [5.74, 6) is 0.670. The smallest absolute Gasteiger partial charge is 0.254 e. The van der Waals surface area contributed by atoms with Crippen molar-refractivity contribution in [3.63, 3.8) is 0 Å². The summed E-state index contributed by atoms with van der Waals surface area (Å²) < 4.78 is 0. The van der Waals surface area contributed by atoms with Crippen molar-refractivity contribution < 1.29 is 4.79 Å². The van der Waals surface area contributed by atoms with Crippen molar-refractivity contribution in [1.29, 1.82) is 0 Å². The fraction of sp³-hybridized carbons (Fsp3) is 0.533. The topological polar surface area (TPSA) is 20.3 Å². The molecule has 1 saturated carbocycles. The van der Waals surface area contributed by atoms with E-state index in [1.165, 1.54) is 0 Å². The minimum atomic E-state index is 0.173. The minimum absolute atomic E-state index is 0.173. The number of unbranched alkanes of at least 4 members (excludes halogenated alkanes) is 1. The quantitative estimate of drug-likeness (QED) is 0.716. The summed E-state index contributed by atoms with van der Waals surface area (Å²) in [5, 5.41) is 0. The largest absolute Gasteiger partial charge is 0.336 e. The molecule has 1 fully saturated rings. The average molecular weight is 266 g/mol. The summed E-state index contributed by atoms with van der Waals surface area (Å²) in [5.41, 5.74) is 1.84. The molecule has 1 amide bonds. The molecule has 98 valence electrons. The molecular weight excluding hydrogens is 246 g/mol. The van der Waals surface area contributed by atoms with Gasteiger partial charge in [-0.2, -0.15) is 0 Å². The number of benzene rings is 1. The molecule has 0 unspecified atom stereocenters. The third-order valence-electron chi connectivity index (χ3n) is 3.36. The van der Waals surface area contributed by atoms with Crippen LogP contribution in [0.25, 0.3) is 0 Å². The van der Waals surface area contributed by atoms with Gasteiger partial charge in [0.2, 0.25) is 0 Å². The Labute approximate surface area is 114 Å². The highest BCUT2D eigenvalue weighted by molar-refractivity contribution is 6.17. The Balaban J connectivity index is 2.06. The molecule has 0 aromatic heterocycles. The third-order valence-corrected chi connectivity index (χ3v) is 3.66. The Hall–Kier alpha value is -1.02. The van der Waals surface area contributed by atoms with Crippen molar-refractivity contribution in [1.82, 2.24) is 4.90 Å². The molecule has 1 aromatic carbocycles. The Bertz CT molecular complexity index is 397. The Morgan fingerprint density at radius 2 is 2.00 bits per heavy atom. The first-order valence-electron chi connectivity index (χ1n) is 6.72. The maximum Gasteiger partial charge on any atom is 0.254 e. The first-order valence-corrected chi connectivity index (χ1v) is 7.25. The van der Waals surface area contributed by atoms with E-state index in [2.05, 4.69) is 6.92 Å². The number of hydrogen-bond acceptors (Lipinski definition) is 1. The van der Waals surface area contributed by atoms with Crippen LogP contribution >= 0.6 is 11.6 Å². The molecule has 0 saturated heterocycles. The predicted octanol–water partition coefficient (Wildman–Crippen LogP) is 3.83. The van der Waals surface area contributed by atoms with Gasteiger partial charge < -0.3 is 4.90 Å². The molecule has 3 heteroatoms. The summed E-state index contributed by atoms with van der Waals surface area (Å²) >= 11 is 5.76. The molecule has 0 N–H and O–H groups in total. The van der Waals surface area contributed by atoms with Crippen LogP contribution in [0, 0.1) is 0 Å². The SMILES string of the molecule is CCCCN(C(=O)c1ccc(CCl)cc1)C1CC1. The van der Waals surface area contributed by atoms with Crippen LogP contribution in [-0.2, 0) is 5.88 Å². The summed E-state index contributed by atoms with van der Waals surface area (Å²) in [7, 11) is 0. The van der Waals surface area contributed by atoms with Crippen LogP contribution in [0.2, 0.25) is 0 Å². The number of nitrogens with zero attached hydrogens (tertiary/aromatic N) is 1. The highest BCUT2D eigenvalue weighted by atomic mass is 35.5. The molecule has 0 aliphatic heterocycles. The van der Waals surface area contributed by atoms with Crippen LogP contribution in [0.3, 0.4) is 0 Å². The lowest BCUT2D eigenvalue weighted by Gasteiger charge is -2.22. The van der Waals surface area contributed by atoms with Gasteiger partial charge in [0.25, 0.3) is 5.91 Å². The number of alkyl halides is 1. The fourth-order valence-electron chi connectivity index (χ4n) is 2.07. The van der Waals surface area contributed by atoms with Crippen LogP contribution in [0.1, 0.15) is 48.5 Å². The number of carbonyl (C=O) groups excluding carboxylic acids is 1. The average Bonchev–Trinajstić information content (AvgIpc) is 3.24. The van der Waals surface area contributed by atoms with Crippen LogP contribution in [-0.4, -0.2) is 23.4 Å². The zero-order chi connectivity index (χ0) is 13.0. The lowest BCUT2D eigenvalue weighted by Crippen LogP contribution is -2.33. The predicted molar refractivity (Wildman–Crippen MR) is 75.0 cm³/mol. The fourth-order valence-corrected chi connectivity index (χ4v) is 2.25. The Morgan fingerprint density at radius 3 is 2.50 bits per heavy atom. The molecule has 1 aliphatic carbocycles. The van der Waals surface area contributed by atoms with Gasteiger partial charge in [0.15, 0.2) is 0 Å². The van der Waals surface area contributed by atoms with Gasteiger partial charge in [0, 0.05) is 24.0 Å². The summed E-state index contributed by atoms with van der Waals surface area (Å²) in [6.07, 6.45) is 4.54. The van der Waals surface area contributed by atoms with Crippen molar-refractivity contribution in [3.8, 4) is 0 Å². The lowest BCUT2D eigenvalue weighted by molar-refractivity contribution is 0.0741. The second-order valence-electron chi connectivity index (χ2n) is 4.91. The van der Waals surface area contributed by atoms with Crippen molar-refractivity contribution in [2.45, 2.75) is 44.5 Å². The van der Waals surface area contributed by atoms with Crippen molar-refractivity contribution in [2.24, 2.45) is 0 Å². The van der Waals surface area contributed by atoms with Gasteiger partial charge in [0.05, 0.1) is 0 Å². The molecule has 0 radical (unpaired) electrons. The highest BCUT2D eigenvalue weighted by Gasteiger charge is 2.32. The van der Waals surface area contributed by atoms with Gasteiger partial charge in [0.1, 0.15) is 0 Å². The molecule has 0 spiro atoms. The molecule has 1 aliphatic rings. The standard InChI is InChI=1S/C15H20ClNO/c1-2-3-10-17(14-8-9-14)15(18)13-6-4-12(11-16)5-7-13/h4-7,14H,2-3,8-11H2,1H3. The first kappa shape index (κ1) is 13.4. The highest BCUT2D eigenvalue weighted by Crippen LogP contribution is 2.28. The van der Waals surface area contributed by atoms with E-state index >= 15 is 0 Å². The molecule has 2 rings (SSSR count). The normalized spacial score (nSPS) is 14.6. The van der Waals surface area contributed by atoms with E-state index in [-0.39, 0.29) is 5.91 Å². The van der Waals surface area contributed by atoms with Gasteiger partial charge in [-0.3, -0.25) is 4.79 Å². The summed E-state index contributed by atoms with van der Waals surface area (Å²) in [4.78, 5) is 14.5. The maximum absolute atomic E-state index is 12.4. The number of carbonyl (C=O) groups is 1. The van der Waals surface area contributed by atoms with E-state index in [4.69, 9.17) is 11.6 Å². The second-order valence-corrected chi connectivity index (χ2v) is 5.18. The van der Waals surface area contributed by atoms with Gasteiger partial charge in [-0.1, -0.05) is 25.5 Å². The first-order chi connectivity index (χ1) is 8.76. The number of rotatable bonds is 6. The minimum Gasteiger partial charge on any atom is -0.336 e. The van der Waals surface area contributed by atoms with Crippen molar-refractivity contribution in [2.75, 3.05) is 6.54 Å². The van der Waals surface area contributed by atoms with E-state index in [9.17, 15) is 4.79 Å². The Morgan fingerprint density at radius 1 is 1.33 bits per heavy atom. The van der Waals surface area contributed by atoms with E-state index in [0.29, 0.717) is 11.9 Å². The third kappa shape index (κ3) is 3.26. The monoisotopic (exact) mass is 265 g/mol. The zero-order valence-corrected chi connectivity index (χ0v) is 11.6. The number of hydrogen-bond donors (Lipinski definition) is 0. The van der Waals surface area contributed by atoms with Crippen LogP contribution in [0.5, 0.6) is 0 Å². The Kier molecular flexibility index (Phi) is 4.65. The lowest BCUT2D eigenvalue weighted by atomic mass is 10.1. The molecular formula is C15H20ClNO. The number of halogens is 1. The van der Waals surface area contributed by atoms with Gasteiger partial charge >= 0.3 is 0 Å². The number of amides is 1. The second kappa shape index (κ2) is 6.24. The van der Waals surface area contributed by atoms with Crippen LogP contribution in [0.4, 0.5) is 0 Å². The van der Waals surface area contributed by atoms with Gasteiger partial charge in [-0.15, -0.1) is 11.6 Å². The molecule has 0 heterocycles. The van der Waals surface area contributed by atoms with E-state index in [1.54, 1.807) is 0 Å². The van der Waals surface area contributed by atoms with Crippen molar-refractivity contribution in [3.05, 3.63) is 35.4 Å². The molecule has 2 nitrogen and oxygen atoms in total. The zero-order valence-electron chi connectivity index (χ0n) is 10.9. The van der Waals surface area contributed by atoms with E-state index in [0.717, 1.165) is 43.4 Å². The van der Waals surface area contributed by atoms with E-state index < -0.39 is 0 Å². The van der Waals surface area contributed by atoms with Crippen molar-refractivity contribution >= 4 is 17.5 Å². The van der Waals surface area contributed by atoms with Gasteiger partial charge in [-0.05, 0) is 37.0 Å². The molecule has 1 aromatic rings. The summed E-state index contributed by atoms with van der Waals surface area (Å²) in [6.45, 7) is 3.04. The molecule has 18 heavy (non-hydrogen) atoms. The van der Waals surface area contributed by atoms with Gasteiger partial charge in [-0.25, -0.2) is 0 Å². The molecule has 0 bridgehead atoms. The molecule has 0 atom stereocenters. The van der Waals surface area contributed by atoms with E-state index in [1.807, 2.05) is 29.2 Å². The van der Waals surface area contributed by atoms with Crippen LogP contribution < -0.4 is 0 Å². The maximum atomic E-state index is 12.4.